The van der Waals surface area contributed by atoms with E-state index in [0.29, 0.717) is 17.3 Å². The lowest BCUT2D eigenvalue weighted by molar-refractivity contribution is -0.162. The SMILES string of the molecule is C.C/C=C/CC/C=C/C=C/CCCCCCCC(=O)OC1CC[C@@]2(C)C(CCC3C2CC[C@]2(C)C(C)CCC32)C1. The monoisotopic (exact) mass is 552 g/mol. The van der Waals surface area contributed by atoms with Crippen LogP contribution in [0.2, 0.25) is 0 Å². The fraction of sp³-hybridized carbons (Fsp3) is 0.816. The van der Waals surface area contributed by atoms with Gasteiger partial charge in [0.25, 0.3) is 0 Å². The van der Waals surface area contributed by atoms with Gasteiger partial charge in [0.1, 0.15) is 6.10 Å². The van der Waals surface area contributed by atoms with Crippen molar-refractivity contribution in [2.75, 3.05) is 0 Å². The van der Waals surface area contributed by atoms with Crippen molar-refractivity contribution in [2.45, 2.75) is 157 Å². The number of carbonyl (C=O) groups is 1. The van der Waals surface area contributed by atoms with E-state index >= 15 is 0 Å². The van der Waals surface area contributed by atoms with Gasteiger partial charge in [0, 0.05) is 6.42 Å². The van der Waals surface area contributed by atoms with Crippen LogP contribution in [0.3, 0.4) is 0 Å². The molecule has 0 aromatic carbocycles. The highest BCUT2D eigenvalue weighted by Gasteiger charge is 2.59. The number of fused-ring (bicyclic) bond motifs is 5. The quantitative estimate of drug-likeness (QED) is 0.0982. The van der Waals surface area contributed by atoms with E-state index in [4.69, 9.17) is 4.74 Å². The molecule has 4 fully saturated rings. The van der Waals surface area contributed by atoms with Crippen molar-refractivity contribution < 1.29 is 9.53 Å². The van der Waals surface area contributed by atoms with Crippen molar-refractivity contribution in [3.8, 4) is 0 Å². The summed E-state index contributed by atoms with van der Waals surface area (Å²) in [5.41, 5.74) is 1.09. The summed E-state index contributed by atoms with van der Waals surface area (Å²) < 4.78 is 6.08. The zero-order valence-electron chi connectivity index (χ0n) is 26.0. The second-order valence-electron chi connectivity index (χ2n) is 14.4. The van der Waals surface area contributed by atoms with Gasteiger partial charge in [-0.3, -0.25) is 4.79 Å². The molecular formula is C38H64O2. The van der Waals surface area contributed by atoms with Gasteiger partial charge in [-0.25, -0.2) is 0 Å². The van der Waals surface area contributed by atoms with Crippen molar-refractivity contribution in [2.24, 2.45) is 40.4 Å². The maximum Gasteiger partial charge on any atom is 0.306 e. The molecular weight excluding hydrogens is 488 g/mol. The molecule has 4 aliphatic carbocycles. The Labute approximate surface area is 248 Å². The topological polar surface area (TPSA) is 26.3 Å². The normalized spacial score (nSPS) is 37.3. The van der Waals surface area contributed by atoms with Gasteiger partial charge in [0.2, 0.25) is 0 Å². The molecule has 2 nitrogen and oxygen atoms in total. The first-order valence-corrected chi connectivity index (χ1v) is 17.0. The first kappa shape index (κ1) is 33.2. The van der Waals surface area contributed by atoms with Gasteiger partial charge in [-0.15, -0.1) is 0 Å². The molecule has 4 aliphatic rings. The van der Waals surface area contributed by atoms with Crippen LogP contribution in [0.4, 0.5) is 0 Å². The molecule has 0 N–H and O–H groups in total. The van der Waals surface area contributed by atoms with E-state index in [0.717, 1.165) is 74.5 Å². The zero-order valence-corrected chi connectivity index (χ0v) is 26.0. The molecule has 4 rings (SSSR count). The molecule has 0 heterocycles. The van der Waals surface area contributed by atoms with Crippen LogP contribution in [0, 0.1) is 40.4 Å². The van der Waals surface area contributed by atoms with E-state index in [1.54, 1.807) is 0 Å². The average Bonchev–Trinajstić information content (AvgIpc) is 3.23. The Morgan fingerprint density at radius 3 is 2.25 bits per heavy atom. The summed E-state index contributed by atoms with van der Waals surface area (Å²) in [4.78, 5) is 12.6. The number of carbonyl (C=O) groups excluding carboxylic acids is 1. The summed E-state index contributed by atoms with van der Waals surface area (Å²) in [7, 11) is 0. The van der Waals surface area contributed by atoms with Crippen LogP contribution >= 0.6 is 0 Å². The Balaban J connectivity index is 0.00000441. The van der Waals surface area contributed by atoms with Crippen LogP contribution in [0.1, 0.15) is 151 Å². The Morgan fingerprint density at radius 1 is 0.775 bits per heavy atom. The predicted molar refractivity (Wildman–Crippen MR) is 172 cm³/mol. The molecule has 6 unspecified atom stereocenters. The van der Waals surface area contributed by atoms with E-state index in [9.17, 15) is 4.79 Å². The van der Waals surface area contributed by atoms with Crippen molar-refractivity contribution in [1.82, 2.24) is 0 Å². The van der Waals surface area contributed by atoms with Gasteiger partial charge in [-0.2, -0.15) is 0 Å². The highest BCUT2D eigenvalue weighted by molar-refractivity contribution is 5.69. The zero-order chi connectivity index (χ0) is 27.7. The molecule has 0 spiro atoms. The lowest BCUT2D eigenvalue weighted by Crippen LogP contribution is -2.54. The molecule has 0 aromatic rings. The standard InChI is InChI=1S/C37H60O2.CH4/c1-5-6-7-8-9-10-11-12-13-14-15-16-17-18-19-35(38)39-31-24-26-37(4)30(28-31)21-22-32-33-23-20-29(2)36(33,3)27-25-34(32)37;/h5-6,9-12,29-34H,7-8,13-28H2,1-4H3;1H4/b6-5+,10-9+,12-11+;/t29?,30?,31?,32?,33?,34?,36-,37+;/m1./s1. The summed E-state index contributed by atoms with van der Waals surface area (Å²) in [5.74, 6) is 4.58. The Morgan fingerprint density at radius 2 is 1.45 bits per heavy atom. The lowest BCUT2D eigenvalue weighted by Gasteiger charge is -2.61. The molecule has 0 amide bonds. The van der Waals surface area contributed by atoms with Crippen LogP contribution < -0.4 is 0 Å². The van der Waals surface area contributed by atoms with E-state index < -0.39 is 0 Å². The third kappa shape index (κ3) is 7.95. The number of allylic oxidation sites excluding steroid dienone is 6. The van der Waals surface area contributed by atoms with Crippen LogP contribution in [0.25, 0.3) is 0 Å². The fourth-order valence-corrected chi connectivity index (χ4v) is 9.60. The number of hydrogen-bond acceptors (Lipinski definition) is 2. The Hall–Kier alpha value is -1.31. The number of esters is 1. The molecule has 4 saturated carbocycles. The first-order chi connectivity index (χ1) is 18.9. The summed E-state index contributed by atoms with van der Waals surface area (Å²) in [6, 6.07) is 0. The number of rotatable bonds is 13. The molecule has 228 valence electrons. The van der Waals surface area contributed by atoms with Crippen molar-refractivity contribution in [1.29, 1.82) is 0 Å². The Kier molecular flexibility index (Phi) is 13.1. The van der Waals surface area contributed by atoms with E-state index in [2.05, 4.69) is 64.2 Å². The largest absolute Gasteiger partial charge is 0.462 e. The van der Waals surface area contributed by atoms with E-state index in [1.165, 1.54) is 64.2 Å². The third-order valence-electron chi connectivity index (χ3n) is 12.3. The second kappa shape index (κ2) is 15.8. The van der Waals surface area contributed by atoms with E-state index in [-0.39, 0.29) is 19.5 Å². The highest BCUT2D eigenvalue weighted by atomic mass is 16.5. The maximum absolute atomic E-state index is 12.6. The number of hydrogen-bond donors (Lipinski definition) is 0. The molecule has 2 heteroatoms. The highest BCUT2D eigenvalue weighted by Crippen LogP contribution is 2.67. The number of unbranched alkanes of at least 4 members (excludes halogenated alkanes) is 6. The minimum Gasteiger partial charge on any atom is -0.462 e. The number of ether oxygens (including phenoxy) is 1. The second-order valence-corrected chi connectivity index (χ2v) is 14.4. The summed E-state index contributed by atoms with van der Waals surface area (Å²) >= 11 is 0. The Bertz CT molecular complexity index is 854. The summed E-state index contributed by atoms with van der Waals surface area (Å²) in [6.07, 6.45) is 35.4. The molecule has 0 bridgehead atoms. The molecule has 8 atom stereocenters. The van der Waals surface area contributed by atoms with Gasteiger partial charge in [0.15, 0.2) is 0 Å². The van der Waals surface area contributed by atoms with Gasteiger partial charge in [-0.1, -0.05) is 83.9 Å². The van der Waals surface area contributed by atoms with Gasteiger partial charge in [-0.05, 0) is 137 Å². The molecule has 0 aromatic heterocycles. The lowest BCUT2D eigenvalue weighted by atomic mass is 9.45. The van der Waals surface area contributed by atoms with E-state index in [1.807, 2.05) is 0 Å². The molecule has 0 saturated heterocycles. The van der Waals surface area contributed by atoms with Crippen LogP contribution in [0.5, 0.6) is 0 Å². The predicted octanol–water partition coefficient (Wildman–Crippen LogP) is 11.4. The molecule has 0 aliphatic heterocycles. The average molecular weight is 553 g/mol. The van der Waals surface area contributed by atoms with Crippen molar-refractivity contribution in [3.63, 3.8) is 0 Å². The van der Waals surface area contributed by atoms with Crippen LogP contribution in [-0.2, 0) is 9.53 Å². The minimum atomic E-state index is 0. The third-order valence-corrected chi connectivity index (χ3v) is 12.3. The summed E-state index contributed by atoms with van der Waals surface area (Å²) in [5, 5.41) is 0. The first-order valence-electron chi connectivity index (χ1n) is 17.0. The minimum absolute atomic E-state index is 0. The van der Waals surface area contributed by atoms with Gasteiger partial charge >= 0.3 is 5.97 Å². The van der Waals surface area contributed by atoms with Crippen molar-refractivity contribution >= 4 is 5.97 Å². The van der Waals surface area contributed by atoms with Crippen LogP contribution in [-0.4, -0.2) is 12.1 Å². The van der Waals surface area contributed by atoms with Gasteiger partial charge < -0.3 is 4.74 Å². The van der Waals surface area contributed by atoms with Crippen molar-refractivity contribution in [3.05, 3.63) is 36.5 Å². The van der Waals surface area contributed by atoms with Crippen LogP contribution in [0.15, 0.2) is 36.5 Å². The molecule has 40 heavy (non-hydrogen) atoms. The van der Waals surface area contributed by atoms with Gasteiger partial charge in [0.05, 0.1) is 0 Å². The summed E-state index contributed by atoms with van der Waals surface area (Å²) in [6.45, 7) is 9.86. The maximum atomic E-state index is 12.6. The smallest absolute Gasteiger partial charge is 0.306 e. The molecule has 0 radical (unpaired) electrons. The fourth-order valence-electron chi connectivity index (χ4n) is 9.60.